The number of carbonyl (C=O) groups is 2. The van der Waals surface area contributed by atoms with E-state index in [0.29, 0.717) is 15.7 Å². The summed E-state index contributed by atoms with van der Waals surface area (Å²) in [4.78, 5) is 26.4. The van der Waals surface area contributed by atoms with Crippen molar-refractivity contribution in [1.82, 2.24) is 14.8 Å². The summed E-state index contributed by atoms with van der Waals surface area (Å²) in [5, 5.41) is 16.5. The molecule has 0 saturated carbocycles. The zero-order valence-corrected chi connectivity index (χ0v) is 21.6. The molecular formula is C24H24N4O3S3. The molecule has 0 unspecified atom stereocenters. The molecule has 176 valence electrons. The van der Waals surface area contributed by atoms with Crippen molar-refractivity contribution in [2.24, 2.45) is 0 Å². The Bertz CT molecular complexity index is 1290. The number of nitrogens with one attached hydrogen (secondary N) is 1. The van der Waals surface area contributed by atoms with E-state index in [4.69, 9.17) is 4.74 Å². The van der Waals surface area contributed by atoms with Crippen LogP contribution in [0.2, 0.25) is 0 Å². The van der Waals surface area contributed by atoms with Gasteiger partial charge in [0, 0.05) is 17.0 Å². The summed E-state index contributed by atoms with van der Waals surface area (Å²) in [6, 6.07) is 12.0. The minimum atomic E-state index is -0.486. The third kappa shape index (κ3) is 5.08. The number of ether oxygens (including phenoxy) is 1. The van der Waals surface area contributed by atoms with Gasteiger partial charge in [-0.15, -0.1) is 32.9 Å². The minimum Gasteiger partial charge on any atom is -0.465 e. The van der Waals surface area contributed by atoms with Gasteiger partial charge in [0.25, 0.3) is 0 Å². The Morgan fingerprint density at radius 3 is 2.56 bits per heavy atom. The Balaban J connectivity index is 1.52. The van der Waals surface area contributed by atoms with Gasteiger partial charge in [0.15, 0.2) is 11.0 Å². The number of benzene rings is 1. The van der Waals surface area contributed by atoms with Gasteiger partial charge in [-0.2, -0.15) is 0 Å². The quantitative estimate of drug-likeness (QED) is 0.225. The van der Waals surface area contributed by atoms with Gasteiger partial charge in [-0.1, -0.05) is 47.7 Å². The first-order chi connectivity index (χ1) is 16.4. The average molecular weight is 513 g/mol. The third-order valence-electron chi connectivity index (χ3n) is 5.05. The Morgan fingerprint density at radius 2 is 1.91 bits per heavy atom. The summed E-state index contributed by atoms with van der Waals surface area (Å²) in [5.41, 5.74) is 3.11. The molecular weight excluding hydrogens is 488 g/mol. The van der Waals surface area contributed by atoms with Gasteiger partial charge in [0.1, 0.15) is 10.6 Å². The lowest BCUT2D eigenvalue weighted by atomic mass is 10.0. The lowest BCUT2D eigenvalue weighted by molar-refractivity contribution is -0.113. The standard InChI is InChI=1S/C24H24N4O3S3/c1-14(2)28-21(18-6-5-11-32-18)26-27-24(28)34-13-19(29)25-22-20(23(30)31-4)17(12-33-22)16-9-7-15(3)8-10-16/h5-12,14H,13H2,1-4H3,(H,25,29). The van der Waals surface area contributed by atoms with Crippen LogP contribution in [-0.4, -0.2) is 39.5 Å². The first kappa shape index (κ1) is 24.2. The molecule has 1 amide bonds. The molecule has 10 heteroatoms. The number of nitrogens with zero attached hydrogens (tertiary/aromatic N) is 3. The number of amides is 1. The molecule has 0 atom stereocenters. The second-order valence-corrected chi connectivity index (χ2v) is 10.6. The van der Waals surface area contributed by atoms with E-state index >= 15 is 0 Å². The van der Waals surface area contributed by atoms with Gasteiger partial charge >= 0.3 is 5.97 Å². The molecule has 4 aromatic rings. The van der Waals surface area contributed by atoms with Gasteiger partial charge < -0.3 is 10.1 Å². The highest BCUT2D eigenvalue weighted by molar-refractivity contribution is 7.99. The number of hydrogen-bond donors (Lipinski definition) is 1. The Labute approximate surface area is 210 Å². The van der Waals surface area contributed by atoms with Crippen LogP contribution in [0.4, 0.5) is 5.00 Å². The number of aryl methyl sites for hydroxylation is 1. The highest BCUT2D eigenvalue weighted by Crippen LogP contribution is 2.37. The van der Waals surface area contributed by atoms with Crippen LogP contribution in [0.25, 0.3) is 21.8 Å². The van der Waals surface area contributed by atoms with Crippen molar-refractivity contribution in [3.63, 3.8) is 0 Å². The van der Waals surface area contributed by atoms with Gasteiger partial charge in [-0.05, 0) is 37.8 Å². The number of esters is 1. The molecule has 0 aliphatic rings. The lowest BCUT2D eigenvalue weighted by Gasteiger charge is -2.13. The molecule has 0 spiro atoms. The molecule has 4 rings (SSSR count). The van der Waals surface area contributed by atoms with E-state index in [0.717, 1.165) is 27.4 Å². The minimum absolute atomic E-state index is 0.133. The number of carbonyl (C=O) groups excluding carboxylic acids is 2. The van der Waals surface area contributed by atoms with Crippen molar-refractivity contribution < 1.29 is 14.3 Å². The number of rotatable bonds is 8. The maximum absolute atomic E-state index is 12.8. The first-order valence-corrected chi connectivity index (χ1v) is 13.3. The summed E-state index contributed by atoms with van der Waals surface area (Å²) in [6.45, 7) is 6.13. The van der Waals surface area contributed by atoms with Crippen molar-refractivity contribution in [2.75, 3.05) is 18.2 Å². The number of hydrogen-bond acceptors (Lipinski definition) is 8. The van der Waals surface area contributed by atoms with Crippen LogP contribution in [-0.2, 0) is 9.53 Å². The predicted octanol–water partition coefficient (Wildman–Crippen LogP) is 6.14. The Kier molecular flexibility index (Phi) is 7.50. The molecule has 0 bridgehead atoms. The van der Waals surface area contributed by atoms with Crippen LogP contribution in [0.15, 0.2) is 52.3 Å². The fourth-order valence-corrected chi connectivity index (χ4v) is 5.95. The largest absolute Gasteiger partial charge is 0.465 e. The fraction of sp³-hybridized carbons (Fsp3) is 0.250. The molecule has 1 aromatic carbocycles. The molecule has 0 aliphatic heterocycles. The molecule has 0 radical (unpaired) electrons. The van der Waals surface area contributed by atoms with Crippen molar-refractivity contribution >= 4 is 51.3 Å². The molecule has 1 N–H and O–H groups in total. The topological polar surface area (TPSA) is 86.1 Å². The highest BCUT2D eigenvalue weighted by Gasteiger charge is 2.23. The lowest BCUT2D eigenvalue weighted by Crippen LogP contribution is -2.16. The molecule has 0 saturated heterocycles. The van der Waals surface area contributed by atoms with E-state index in [2.05, 4.69) is 29.4 Å². The molecule has 34 heavy (non-hydrogen) atoms. The predicted molar refractivity (Wildman–Crippen MR) is 139 cm³/mol. The zero-order valence-electron chi connectivity index (χ0n) is 19.2. The van der Waals surface area contributed by atoms with Crippen LogP contribution in [0, 0.1) is 6.92 Å². The highest BCUT2D eigenvalue weighted by atomic mass is 32.2. The molecule has 0 fully saturated rings. The maximum Gasteiger partial charge on any atom is 0.341 e. The summed E-state index contributed by atoms with van der Waals surface area (Å²) in [7, 11) is 1.34. The average Bonchev–Trinajstić information content (AvgIpc) is 3.57. The van der Waals surface area contributed by atoms with Crippen LogP contribution in [0.3, 0.4) is 0 Å². The third-order valence-corrected chi connectivity index (χ3v) is 7.76. The van der Waals surface area contributed by atoms with Gasteiger partial charge in [-0.3, -0.25) is 9.36 Å². The van der Waals surface area contributed by atoms with E-state index in [1.54, 1.807) is 11.3 Å². The van der Waals surface area contributed by atoms with E-state index < -0.39 is 5.97 Å². The number of thioether (sulfide) groups is 1. The van der Waals surface area contributed by atoms with Gasteiger partial charge in [0.05, 0.1) is 17.7 Å². The fourth-order valence-electron chi connectivity index (χ4n) is 3.41. The number of thiophene rings is 2. The first-order valence-electron chi connectivity index (χ1n) is 10.6. The van der Waals surface area contributed by atoms with E-state index in [1.807, 2.05) is 58.6 Å². The Morgan fingerprint density at radius 1 is 1.15 bits per heavy atom. The van der Waals surface area contributed by atoms with Crippen LogP contribution in [0.1, 0.15) is 35.8 Å². The van der Waals surface area contributed by atoms with E-state index in [9.17, 15) is 9.59 Å². The normalized spacial score (nSPS) is 11.1. The Hall–Kier alpha value is -2.95. The van der Waals surface area contributed by atoms with E-state index in [-0.39, 0.29) is 17.7 Å². The van der Waals surface area contributed by atoms with Crippen molar-refractivity contribution in [3.05, 3.63) is 58.3 Å². The second-order valence-electron chi connectivity index (χ2n) is 7.80. The monoisotopic (exact) mass is 512 g/mol. The van der Waals surface area contributed by atoms with Crippen molar-refractivity contribution in [1.29, 1.82) is 0 Å². The van der Waals surface area contributed by atoms with Gasteiger partial charge in [0.2, 0.25) is 5.91 Å². The molecule has 7 nitrogen and oxygen atoms in total. The van der Waals surface area contributed by atoms with Crippen LogP contribution in [0.5, 0.6) is 0 Å². The SMILES string of the molecule is COC(=O)c1c(-c2ccc(C)cc2)csc1NC(=O)CSc1nnc(-c2cccs2)n1C(C)C. The number of methoxy groups -OCH3 is 1. The zero-order chi connectivity index (χ0) is 24.2. The number of anilines is 1. The maximum atomic E-state index is 12.8. The van der Waals surface area contributed by atoms with E-state index in [1.165, 1.54) is 30.2 Å². The van der Waals surface area contributed by atoms with Gasteiger partial charge in [-0.25, -0.2) is 4.79 Å². The smallest absolute Gasteiger partial charge is 0.341 e. The van der Waals surface area contributed by atoms with Crippen LogP contribution >= 0.6 is 34.4 Å². The molecule has 3 aromatic heterocycles. The molecule has 3 heterocycles. The summed E-state index contributed by atoms with van der Waals surface area (Å²) < 4.78 is 7.03. The summed E-state index contributed by atoms with van der Waals surface area (Å²) in [5.74, 6) is 0.207. The summed E-state index contributed by atoms with van der Waals surface area (Å²) in [6.07, 6.45) is 0. The van der Waals surface area contributed by atoms with Crippen molar-refractivity contribution in [2.45, 2.75) is 32.0 Å². The summed E-state index contributed by atoms with van der Waals surface area (Å²) >= 11 is 4.22. The number of aromatic nitrogens is 3. The van der Waals surface area contributed by atoms with Crippen LogP contribution < -0.4 is 5.32 Å². The molecule has 0 aliphatic carbocycles. The van der Waals surface area contributed by atoms with Crippen molar-refractivity contribution in [3.8, 4) is 21.8 Å². The second kappa shape index (κ2) is 10.5.